The molecule has 0 aliphatic carbocycles. The molecular weight excluding hydrogens is 336 g/mol. The largest absolute Gasteiger partial charge is 0.507 e. The van der Waals surface area contributed by atoms with Crippen LogP contribution < -0.4 is 0 Å². The number of para-hydroxylation sites is 1. The van der Waals surface area contributed by atoms with Crippen molar-refractivity contribution < 1.29 is 15.0 Å². The van der Waals surface area contributed by atoms with Crippen molar-refractivity contribution in [3.8, 4) is 5.75 Å². The maximum Gasteiger partial charge on any atom is 0.339 e. The molecule has 3 aromatic rings. The van der Waals surface area contributed by atoms with Crippen LogP contribution in [-0.4, -0.2) is 16.2 Å². The molecule has 0 amide bonds. The number of carboxylic acid groups (broad SMARTS) is 1. The number of aromatic carboxylic acids is 1. The summed E-state index contributed by atoms with van der Waals surface area (Å²) >= 11 is 0. The second kappa shape index (κ2) is 7.67. The second-order valence-corrected chi connectivity index (χ2v) is 7.47. The topological polar surface area (TPSA) is 57.5 Å². The van der Waals surface area contributed by atoms with E-state index in [2.05, 4.69) is 26.0 Å². The minimum atomic E-state index is -1.12. The Morgan fingerprint density at radius 3 is 2.07 bits per heavy atom. The molecule has 0 spiro atoms. The van der Waals surface area contributed by atoms with Crippen LogP contribution in [0.5, 0.6) is 5.75 Å². The highest BCUT2D eigenvalue weighted by Crippen LogP contribution is 2.42. The Hall–Kier alpha value is -3.07. The van der Waals surface area contributed by atoms with Gasteiger partial charge in [0.05, 0.1) is 0 Å². The van der Waals surface area contributed by atoms with Crippen molar-refractivity contribution in [3.63, 3.8) is 0 Å². The Kier molecular flexibility index (Phi) is 5.31. The summed E-state index contributed by atoms with van der Waals surface area (Å²) in [5.41, 5.74) is 2.68. The molecule has 0 aliphatic rings. The standard InChI is InChI=1S/C24H24O3/c1-24(2,18-12-7-4-8-13-18)16-21(17-10-5-3-6-11-17)19-14-9-15-20(22(19)25)23(26)27/h3-15,21,25H,16H2,1-2H3,(H,26,27). The van der Waals surface area contributed by atoms with Crippen LogP contribution >= 0.6 is 0 Å². The van der Waals surface area contributed by atoms with Crippen molar-refractivity contribution in [3.05, 3.63) is 101 Å². The molecule has 138 valence electrons. The van der Waals surface area contributed by atoms with Crippen molar-refractivity contribution in [2.45, 2.75) is 31.6 Å². The molecule has 0 aromatic heterocycles. The molecule has 3 rings (SSSR count). The predicted molar refractivity (Wildman–Crippen MR) is 107 cm³/mol. The lowest BCUT2D eigenvalue weighted by atomic mass is 9.73. The van der Waals surface area contributed by atoms with E-state index in [0.717, 1.165) is 12.0 Å². The van der Waals surface area contributed by atoms with E-state index in [-0.39, 0.29) is 22.6 Å². The predicted octanol–water partition coefficient (Wildman–Crippen LogP) is 5.59. The fourth-order valence-electron chi connectivity index (χ4n) is 3.63. The summed E-state index contributed by atoms with van der Waals surface area (Å²) in [4.78, 5) is 11.5. The van der Waals surface area contributed by atoms with E-state index in [1.54, 1.807) is 6.07 Å². The fraction of sp³-hybridized carbons (Fsp3) is 0.208. The van der Waals surface area contributed by atoms with E-state index in [4.69, 9.17) is 0 Å². The average Bonchev–Trinajstić information content (AvgIpc) is 2.68. The molecule has 3 heteroatoms. The third kappa shape index (κ3) is 4.03. The number of carbonyl (C=O) groups is 1. The van der Waals surface area contributed by atoms with E-state index in [1.807, 2.05) is 54.6 Å². The van der Waals surface area contributed by atoms with Crippen molar-refractivity contribution in [2.24, 2.45) is 0 Å². The summed E-state index contributed by atoms with van der Waals surface area (Å²) in [6.07, 6.45) is 0.734. The molecule has 0 aliphatic heterocycles. The van der Waals surface area contributed by atoms with Crippen LogP contribution in [0, 0.1) is 0 Å². The molecule has 0 saturated heterocycles. The first-order valence-electron chi connectivity index (χ1n) is 9.06. The minimum absolute atomic E-state index is 0.0639. The monoisotopic (exact) mass is 360 g/mol. The summed E-state index contributed by atoms with van der Waals surface area (Å²) in [5, 5.41) is 20.1. The Bertz CT molecular complexity index is 915. The van der Waals surface area contributed by atoms with Gasteiger partial charge < -0.3 is 10.2 Å². The average molecular weight is 360 g/mol. The summed E-state index contributed by atoms with van der Waals surface area (Å²) in [5.74, 6) is -1.40. The summed E-state index contributed by atoms with van der Waals surface area (Å²) in [7, 11) is 0. The zero-order chi connectivity index (χ0) is 19.4. The van der Waals surface area contributed by atoms with Gasteiger partial charge in [0.2, 0.25) is 0 Å². The number of rotatable bonds is 6. The van der Waals surface area contributed by atoms with Crippen molar-refractivity contribution in [2.75, 3.05) is 0 Å². The molecule has 0 fully saturated rings. The van der Waals surface area contributed by atoms with Gasteiger partial charge in [-0.1, -0.05) is 86.6 Å². The molecule has 2 N–H and O–H groups in total. The molecule has 0 bridgehead atoms. The van der Waals surface area contributed by atoms with Crippen LogP contribution in [0.25, 0.3) is 0 Å². The smallest absolute Gasteiger partial charge is 0.339 e. The van der Waals surface area contributed by atoms with Gasteiger partial charge in [0.25, 0.3) is 0 Å². The highest BCUT2D eigenvalue weighted by molar-refractivity contribution is 5.91. The lowest BCUT2D eigenvalue weighted by Crippen LogP contribution is -2.22. The minimum Gasteiger partial charge on any atom is -0.507 e. The van der Waals surface area contributed by atoms with Crippen LogP contribution in [0.1, 0.15) is 53.2 Å². The van der Waals surface area contributed by atoms with Crippen LogP contribution in [0.15, 0.2) is 78.9 Å². The van der Waals surface area contributed by atoms with E-state index < -0.39 is 5.97 Å². The van der Waals surface area contributed by atoms with E-state index in [0.29, 0.717) is 5.56 Å². The molecule has 1 atom stereocenters. The van der Waals surface area contributed by atoms with Crippen molar-refractivity contribution >= 4 is 5.97 Å². The lowest BCUT2D eigenvalue weighted by molar-refractivity contribution is 0.0693. The SMILES string of the molecule is CC(C)(CC(c1ccccc1)c1cccc(C(=O)O)c1O)c1ccccc1. The number of phenols is 1. The molecule has 0 radical (unpaired) electrons. The van der Waals surface area contributed by atoms with E-state index in [9.17, 15) is 15.0 Å². The first-order chi connectivity index (χ1) is 12.9. The highest BCUT2D eigenvalue weighted by Gasteiger charge is 2.29. The summed E-state index contributed by atoms with van der Waals surface area (Å²) < 4.78 is 0. The second-order valence-electron chi connectivity index (χ2n) is 7.47. The number of aromatic hydroxyl groups is 1. The maximum absolute atomic E-state index is 11.5. The Morgan fingerprint density at radius 1 is 0.889 bits per heavy atom. The molecule has 3 aromatic carbocycles. The summed E-state index contributed by atoms with van der Waals surface area (Å²) in [6.45, 7) is 4.35. The first-order valence-corrected chi connectivity index (χ1v) is 9.06. The van der Waals surface area contributed by atoms with Crippen molar-refractivity contribution in [1.29, 1.82) is 0 Å². The van der Waals surface area contributed by atoms with Gasteiger partial charge in [0.15, 0.2) is 0 Å². The lowest BCUT2D eigenvalue weighted by Gasteiger charge is -2.31. The number of hydrogen-bond donors (Lipinski definition) is 2. The van der Waals surface area contributed by atoms with Gasteiger partial charge in [-0.15, -0.1) is 0 Å². The van der Waals surface area contributed by atoms with Gasteiger partial charge in [-0.05, 0) is 29.0 Å². The number of benzene rings is 3. The molecule has 0 heterocycles. The van der Waals surface area contributed by atoms with Gasteiger partial charge in [-0.25, -0.2) is 4.79 Å². The molecular formula is C24H24O3. The van der Waals surface area contributed by atoms with Crippen LogP contribution in [0.4, 0.5) is 0 Å². The van der Waals surface area contributed by atoms with E-state index in [1.165, 1.54) is 11.6 Å². The Morgan fingerprint density at radius 2 is 1.48 bits per heavy atom. The zero-order valence-electron chi connectivity index (χ0n) is 15.6. The summed E-state index contributed by atoms with van der Waals surface area (Å²) in [6, 6.07) is 25.2. The van der Waals surface area contributed by atoms with Crippen molar-refractivity contribution in [1.82, 2.24) is 0 Å². The van der Waals surface area contributed by atoms with Gasteiger partial charge in [-0.3, -0.25) is 0 Å². The quantitative estimate of drug-likeness (QED) is 0.602. The van der Waals surface area contributed by atoms with Crippen LogP contribution in [0.3, 0.4) is 0 Å². The molecule has 1 unspecified atom stereocenters. The maximum atomic E-state index is 11.5. The Labute approximate surface area is 159 Å². The third-order valence-corrected chi connectivity index (χ3v) is 5.14. The highest BCUT2D eigenvalue weighted by atomic mass is 16.4. The van der Waals surface area contributed by atoms with E-state index >= 15 is 0 Å². The van der Waals surface area contributed by atoms with Gasteiger partial charge in [0.1, 0.15) is 11.3 Å². The number of hydrogen-bond acceptors (Lipinski definition) is 2. The van der Waals surface area contributed by atoms with Crippen LogP contribution in [0.2, 0.25) is 0 Å². The van der Waals surface area contributed by atoms with Gasteiger partial charge >= 0.3 is 5.97 Å². The van der Waals surface area contributed by atoms with Gasteiger partial charge in [-0.2, -0.15) is 0 Å². The first kappa shape index (κ1) is 18.7. The third-order valence-electron chi connectivity index (χ3n) is 5.14. The normalized spacial score (nSPS) is 12.5. The molecule has 0 saturated carbocycles. The molecule has 3 nitrogen and oxygen atoms in total. The fourth-order valence-corrected chi connectivity index (χ4v) is 3.63. The van der Waals surface area contributed by atoms with Crippen LogP contribution in [-0.2, 0) is 5.41 Å². The Balaban J connectivity index is 2.09. The zero-order valence-corrected chi connectivity index (χ0v) is 15.6. The number of carboxylic acids is 1. The molecule has 27 heavy (non-hydrogen) atoms. The van der Waals surface area contributed by atoms with Gasteiger partial charge in [0, 0.05) is 11.5 Å².